The van der Waals surface area contributed by atoms with Crippen LogP contribution in [0, 0.1) is 0 Å². The highest BCUT2D eigenvalue weighted by molar-refractivity contribution is 9.10. The van der Waals surface area contributed by atoms with Crippen LogP contribution in [0.15, 0.2) is 28.7 Å². The molecule has 3 N–H and O–H groups in total. The summed E-state index contributed by atoms with van der Waals surface area (Å²) in [6.07, 6.45) is 2.29. The summed E-state index contributed by atoms with van der Waals surface area (Å²) in [5.74, 6) is 0.0171. The molecule has 1 amide bonds. The van der Waals surface area contributed by atoms with E-state index in [1.807, 2.05) is 31.2 Å². The summed E-state index contributed by atoms with van der Waals surface area (Å²) < 4.78 is 1.02. The van der Waals surface area contributed by atoms with Gasteiger partial charge in [-0.15, -0.1) is 0 Å². The van der Waals surface area contributed by atoms with E-state index in [0.29, 0.717) is 6.42 Å². The molecule has 1 unspecified atom stereocenters. The lowest BCUT2D eigenvalue weighted by Gasteiger charge is -2.16. The number of carbonyl (C=O) groups excluding carboxylic acids is 1. The summed E-state index contributed by atoms with van der Waals surface area (Å²) in [6, 6.07) is 7.91. The first-order valence-corrected chi connectivity index (χ1v) is 7.12. The molecule has 0 aromatic heterocycles. The first-order valence-electron chi connectivity index (χ1n) is 6.33. The van der Waals surface area contributed by atoms with E-state index in [9.17, 15) is 4.79 Å². The van der Waals surface area contributed by atoms with Crippen LogP contribution in [0.25, 0.3) is 0 Å². The summed E-state index contributed by atoms with van der Waals surface area (Å²) in [5, 5.41) is 2.97. The standard InChI is InChI=1S/C14H21BrN2O/c1-3-5-13(16)9-14(18)17-10(2)11-6-4-7-12(15)8-11/h4,6-8,10,13H,3,5,9,16H2,1-2H3,(H,17,18)/t10-,13?/m0/s1. The fraction of sp³-hybridized carbons (Fsp3) is 0.500. The van der Waals surface area contributed by atoms with Crippen molar-refractivity contribution < 1.29 is 4.79 Å². The van der Waals surface area contributed by atoms with Crippen LogP contribution < -0.4 is 11.1 Å². The smallest absolute Gasteiger partial charge is 0.222 e. The Morgan fingerprint density at radius 2 is 2.22 bits per heavy atom. The van der Waals surface area contributed by atoms with Gasteiger partial charge in [-0.2, -0.15) is 0 Å². The van der Waals surface area contributed by atoms with Crippen molar-refractivity contribution in [3.05, 3.63) is 34.3 Å². The molecule has 0 aliphatic heterocycles. The SMILES string of the molecule is CCCC(N)CC(=O)N[C@@H](C)c1cccc(Br)c1. The Morgan fingerprint density at radius 1 is 1.50 bits per heavy atom. The zero-order valence-corrected chi connectivity index (χ0v) is 12.5. The van der Waals surface area contributed by atoms with Crippen LogP contribution in [0.5, 0.6) is 0 Å². The number of halogens is 1. The summed E-state index contributed by atoms with van der Waals surface area (Å²) in [4.78, 5) is 11.8. The third kappa shape index (κ3) is 5.19. The molecule has 0 saturated carbocycles. The summed E-state index contributed by atoms with van der Waals surface area (Å²) in [6.45, 7) is 4.05. The minimum Gasteiger partial charge on any atom is -0.350 e. The van der Waals surface area contributed by atoms with Crippen LogP contribution in [0.2, 0.25) is 0 Å². The topological polar surface area (TPSA) is 55.1 Å². The van der Waals surface area contributed by atoms with Crippen LogP contribution in [0.3, 0.4) is 0 Å². The molecule has 0 heterocycles. The van der Waals surface area contributed by atoms with E-state index in [2.05, 4.69) is 28.2 Å². The molecular weight excluding hydrogens is 292 g/mol. The van der Waals surface area contributed by atoms with Gasteiger partial charge in [-0.05, 0) is 31.0 Å². The largest absolute Gasteiger partial charge is 0.350 e. The van der Waals surface area contributed by atoms with Crippen molar-refractivity contribution in [3.8, 4) is 0 Å². The molecular formula is C14H21BrN2O. The summed E-state index contributed by atoms with van der Waals surface area (Å²) in [5.41, 5.74) is 6.94. The van der Waals surface area contributed by atoms with Crippen molar-refractivity contribution in [2.45, 2.75) is 45.2 Å². The highest BCUT2D eigenvalue weighted by Gasteiger charge is 2.12. The number of amides is 1. The number of hydrogen-bond donors (Lipinski definition) is 2. The van der Waals surface area contributed by atoms with E-state index in [1.54, 1.807) is 0 Å². The average molecular weight is 313 g/mol. The Balaban J connectivity index is 2.49. The molecule has 0 saturated heterocycles. The lowest BCUT2D eigenvalue weighted by molar-refractivity contribution is -0.122. The van der Waals surface area contributed by atoms with Gasteiger partial charge in [0.25, 0.3) is 0 Å². The summed E-state index contributed by atoms with van der Waals surface area (Å²) in [7, 11) is 0. The minimum absolute atomic E-state index is 0.00354. The Morgan fingerprint density at radius 3 is 2.83 bits per heavy atom. The number of nitrogens with two attached hydrogens (primary N) is 1. The van der Waals surface area contributed by atoms with Crippen LogP contribution >= 0.6 is 15.9 Å². The monoisotopic (exact) mass is 312 g/mol. The molecule has 1 aromatic rings. The van der Waals surface area contributed by atoms with Gasteiger partial charge in [-0.25, -0.2) is 0 Å². The highest BCUT2D eigenvalue weighted by atomic mass is 79.9. The highest BCUT2D eigenvalue weighted by Crippen LogP contribution is 2.17. The molecule has 0 aliphatic rings. The molecule has 4 heteroatoms. The molecule has 18 heavy (non-hydrogen) atoms. The lowest BCUT2D eigenvalue weighted by atomic mass is 10.1. The molecule has 1 aromatic carbocycles. The number of carbonyl (C=O) groups is 1. The molecule has 1 rings (SSSR count). The third-order valence-electron chi connectivity index (χ3n) is 2.83. The van der Waals surface area contributed by atoms with Gasteiger partial charge >= 0.3 is 0 Å². The second-order valence-electron chi connectivity index (χ2n) is 4.60. The fourth-order valence-corrected chi connectivity index (χ4v) is 2.29. The summed E-state index contributed by atoms with van der Waals surface area (Å²) >= 11 is 3.42. The fourth-order valence-electron chi connectivity index (χ4n) is 1.87. The van der Waals surface area contributed by atoms with Gasteiger partial charge in [0.2, 0.25) is 5.91 Å². The maximum Gasteiger partial charge on any atom is 0.222 e. The molecule has 0 aliphatic carbocycles. The number of rotatable bonds is 6. The second-order valence-corrected chi connectivity index (χ2v) is 5.51. The molecule has 0 spiro atoms. The van der Waals surface area contributed by atoms with Crippen LogP contribution in [-0.2, 0) is 4.79 Å². The van der Waals surface area contributed by atoms with Crippen molar-refractivity contribution in [1.82, 2.24) is 5.32 Å². The van der Waals surface area contributed by atoms with Crippen LogP contribution in [-0.4, -0.2) is 11.9 Å². The average Bonchev–Trinajstić information content (AvgIpc) is 2.28. The van der Waals surface area contributed by atoms with Crippen molar-refractivity contribution in [2.75, 3.05) is 0 Å². The first-order chi connectivity index (χ1) is 8.52. The third-order valence-corrected chi connectivity index (χ3v) is 3.33. The number of benzene rings is 1. The van der Waals surface area contributed by atoms with E-state index >= 15 is 0 Å². The van der Waals surface area contributed by atoms with Gasteiger partial charge in [0.05, 0.1) is 6.04 Å². The van der Waals surface area contributed by atoms with Gasteiger partial charge in [-0.1, -0.05) is 41.4 Å². The van der Waals surface area contributed by atoms with E-state index in [4.69, 9.17) is 5.73 Å². The van der Waals surface area contributed by atoms with E-state index in [-0.39, 0.29) is 18.0 Å². The molecule has 100 valence electrons. The van der Waals surface area contributed by atoms with Crippen molar-refractivity contribution in [1.29, 1.82) is 0 Å². The van der Waals surface area contributed by atoms with Gasteiger partial charge < -0.3 is 11.1 Å². The van der Waals surface area contributed by atoms with Gasteiger partial charge in [0.1, 0.15) is 0 Å². The van der Waals surface area contributed by atoms with Crippen LogP contribution in [0.1, 0.15) is 44.7 Å². The van der Waals surface area contributed by atoms with Gasteiger partial charge in [0, 0.05) is 16.9 Å². The molecule has 3 nitrogen and oxygen atoms in total. The maximum absolute atomic E-state index is 11.8. The minimum atomic E-state index is -0.0373. The Labute approximate surface area is 117 Å². The first kappa shape index (κ1) is 15.2. The zero-order chi connectivity index (χ0) is 13.5. The Bertz CT molecular complexity index is 395. The van der Waals surface area contributed by atoms with Crippen molar-refractivity contribution in [2.24, 2.45) is 5.73 Å². The Hall–Kier alpha value is -0.870. The van der Waals surface area contributed by atoms with Crippen LogP contribution in [0.4, 0.5) is 0 Å². The number of hydrogen-bond acceptors (Lipinski definition) is 2. The second kappa shape index (κ2) is 7.54. The number of nitrogens with one attached hydrogen (secondary N) is 1. The quantitative estimate of drug-likeness (QED) is 0.847. The van der Waals surface area contributed by atoms with Crippen molar-refractivity contribution >= 4 is 21.8 Å². The molecule has 2 atom stereocenters. The van der Waals surface area contributed by atoms with E-state index in [0.717, 1.165) is 22.9 Å². The zero-order valence-electron chi connectivity index (χ0n) is 10.9. The van der Waals surface area contributed by atoms with E-state index in [1.165, 1.54) is 0 Å². The molecule has 0 fully saturated rings. The lowest BCUT2D eigenvalue weighted by Crippen LogP contribution is -2.33. The molecule has 0 bridgehead atoms. The van der Waals surface area contributed by atoms with Gasteiger partial charge in [0.15, 0.2) is 0 Å². The Kier molecular flexibility index (Phi) is 6.36. The predicted molar refractivity (Wildman–Crippen MR) is 78.2 cm³/mol. The molecule has 0 radical (unpaired) electrons. The van der Waals surface area contributed by atoms with Gasteiger partial charge in [-0.3, -0.25) is 4.79 Å². The maximum atomic E-state index is 11.8. The van der Waals surface area contributed by atoms with Crippen molar-refractivity contribution in [3.63, 3.8) is 0 Å². The normalized spacial score (nSPS) is 14.0. The predicted octanol–water partition coefficient (Wildman–Crippen LogP) is 3.14. The van der Waals surface area contributed by atoms with E-state index < -0.39 is 0 Å².